The highest BCUT2D eigenvalue weighted by molar-refractivity contribution is 6.01. The van der Waals surface area contributed by atoms with Gasteiger partial charge < -0.3 is 37.1 Å². The number of carbonyl (C=O) groups excluding carboxylic acids is 6. The number of benzene rings is 2. The number of amides is 6. The molecule has 3 rings (SSSR count). The van der Waals surface area contributed by atoms with Crippen molar-refractivity contribution in [3.63, 3.8) is 0 Å². The van der Waals surface area contributed by atoms with Crippen LogP contribution < -0.4 is 37.1 Å². The van der Waals surface area contributed by atoms with E-state index in [0.717, 1.165) is 5.56 Å². The Labute approximate surface area is 266 Å². The van der Waals surface area contributed by atoms with Gasteiger partial charge in [-0.05, 0) is 55.5 Å². The van der Waals surface area contributed by atoms with Crippen molar-refractivity contribution < 1.29 is 37.9 Å². The van der Waals surface area contributed by atoms with Crippen molar-refractivity contribution >= 4 is 35.4 Å². The fourth-order valence-corrected chi connectivity index (χ4v) is 4.70. The first-order valence-electron chi connectivity index (χ1n) is 15.1. The average molecular weight is 641 g/mol. The third kappa shape index (κ3) is 10.9. The minimum Gasteiger partial charge on any atom is -0.491 e. The number of hydrogen-bond donors (Lipinski definition) is 6. The van der Waals surface area contributed by atoms with Crippen molar-refractivity contribution in [2.24, 2.45) is 11.7 Å². The quantitative estimate of drug-likeness (QED) is 0.241. The number of primary amides is 1. The Kier molecular flexibility index (Phi) is 13.0. The second kappa shape index (κ2) is 16.9. The Hall–Kier alpha value is -5.01. The molecule has 0 aliphatic carbocycles. The van der Waals surface area contributed by atoms with Gasteiger partial charge >= 0.3 is 0 Å². The molecule has 2 aromatic rings. The summed E-state index contributed by atoms with van der Waals surface area (Å²) in [4.78, 5) is 78.0. The summed E-state index contributed by atoms with van der Waals surface area (Å²) in [5.74, 6) is -4.65. The van der Waals surface area contributed by atoms with Crippen LogP contribution in [-0.2, 0) is 30.4 Å². The van der Waals surface area contributed by atoms with Gasteiger partial charge in [-0.2, -0.15) is 0 Å². The van der Waals surface area contributed by atoms with Crippen LogP contribution in [0, 0.1) is 11.7 Å². The first-order chi connectivity index (χ1) is 21.8. The lowest BCUT2D eigenvalue weighted by molar-refractivity contribution is -0.134. The van der Waals surface area contributed by atoms with E-state index in [1.54, 1.807) is 51.1 Å². The largest absolute Gasteiger partial charge is 0.491 e. The van der Waals surface area contributed by atoms with E-state index < -0.39 is 71.8 Å². The zero-order chi connectivity index (χ0) is 33.8. The molecule has 6 amide bonds. The number of hydrogen-bond acceptors (Lipinski definition) is 7. The molecule has 0 bridgehead atoms. The van der Waals surface area contributed by atoms with Crippen LogP contribution in [-0.4, -0.2) is 72.8 Å². The molecule has 248 valence electrons. The minimum atomic E-state index is -1.38. The number of ether oxygens (including phenoxy) is 1. The summed E-state index contributed by atoms with van der Waals surface area (Å²) >= 11 is 0. The maximum atomic E-state index is 13.4. The van der Waals surface area contributed by atoms with Gasteiger partial charge in [0.15, 0.2) is 0 Å². The minimum absolute atomic E-state index is 0.0244. The van der Waals surface area contributed by atoms with Gasteiger partial charge in [0.1, 0.15) is 36.3 Å². The van der Waals surface area contributed by atoms with E-state index in [0.29, 0.717) is 6.42 Å². The van der Waals surface area contributed by atoms with Crippen molar-refractivity contribution in [2.75, 3.05) is 13.2 Å². The van der Waals surface area contributed by atoms with E-state index in [-0.39, 0.29) is 43.2 Å². The molecule has 0 unspecified atom stereocenters. The van der Waals surface area contributed by atoms with Crippen LogP contribution in [0.5, 0.6) is 5.75 Å². The van der Waals surface area contributed by atoms with Gasteiger partial charge in [0.25, 0.3) is 5.91 Å². The zero-order valence-electron chi connectivity index (χ0n) is 26.1. The van der Waals surface area contributed by atoms with Crippen molar-refractivity contribution in [2.45, 2.75) is 70.6 Å². The molecule has 1 aliphatic rings. The van der Waals surface area contributed by atoms with E-state index in [9.17, 15) is 33.2 Å². The Morgan fingerprint density at radius 1 is 0.978 bits per heavy atom. The van der Waals surface area contributed by atoms with Crippen LogP contribution in [0.3, 0.4) is 0 Å². The van der Waals surface area contributed by atoms with Crippen LogP contribution in [0.15, 0.2) is 48.5 Å². The fraction of sp³-hybridized carbons (Fsp3) is 0.438. The van der Waals surface area contributed by atoms with Crippen LogP contribution in [0.2, 0.25) is 0 Å². The Morgan fingerprint density at radius 2 is 1.67 bits per heavy atom. The lowest BCUT2D eigenvalue weighted by Crippen LogP contribution is -2.57. The molecule has 0 spiro atoms. The highest BCUT2D eigenvalue weighted by Gasteiger charge is 2.32. The second-order valence-corrected chi connectivity index (χ2v) is 11.5. The summed E-state index contributed by atoms with van der Waals surface area (Å²) in [6.45, 7) is 5.26. The first-order valence-corrected chi connectivity index (χ1v) is 15.1. The van der Waals surface area contributed by atoms with Gasteiger partial charge in [0.05, 0.1) is 18.0 Å². The highest BCUT2D eigenvalue weighted by Crippen LogP contribution is 2.19. The van der Waals surface area contributed by atoms with Gasteiger partial charge in [-0.3, -0.25) is 28.8 Å². The molecule has 2 aromatic carbocycles. The highest BCUT2D eigenvalue weighted by atomic mass is 19.1. The van der Waals surface area contributed by atoms with E-state index in [1.165, 1.54) is 18.2 Å². The third-order valence-electron chi connectivity index (χ3n) is 7.22. The second-order valence-electron chi connectivity index (χ2n) is 11.5. The number of halogens is 1. The van der Waals surface area contributed by atoms with Gasteiger partial charge in [-0.1, -0.05) is 38.1 Å². The van der Waals surface area contributed by atoms with Crippen molar-refractivity contribution in [1.82, 2.24) is 26.6 Å². The molecule has 46 heavy (non-hydrogen) atoms. The van der Waals surface area contributed by atoms with E-state index >= 15 is 0 Å². The normalized spacial score (nSPS) is 21.4. The predicted octanol–water partition coefficient (Wildman–Crippen LogP) is 0.461. The maximum Gasteiger partial charge on any atom is 0.255 e. The Bertz CT molecular complexity index is 1420. The molecule has 13 nitrogen and oxygen atoms in total. The van der Waals surface area contributed by atoms with Crippen molar-refractivity contribution in [1.29, 1.82) is 0 Å². The summed E-state index contributed by atoms with van der Waals surface area (Å²) < 4.78 is 19.1. The fourth-order valence-electron chi connectivity index (χ4n) is 4.70. The summed E-state index contributed by atoms with van der Waals surface area (Å²) in [6.07, 6.45) is -0.626. The molecular weight excluding hydrogens is 599 g/mol. The molecule has 14 heteroatoms. The number of fused-ring (bicyclic) bond motifs is 1. The maximum absolute atomic E-state index is 13.4. The molecule has 0 radical (unpaired) electrons. The summed E-state index contributed by atoms with van der Waals surface area (Å²) in [5, 5.41) is 13.2. The summed E-state index contributed by atoms with van der Waals surface area (Å²) in [5.41, 5.74) is 6.14. The van der Waals surface area contributed by atoms with Crippen molar-refractivity contribution in [3.05, 3.63) is 65.5 Å². The topological polar surface area (TPSA) is 198 Å². The SMILES string of the molecule is CC(C)[C@H]1NC(=O)[C@H](CCC(N)=O)NC(=O)C[C@@H](C(=O)NCCc2ccc(F)cc2)NC(=O)c2ccccc2OC[C@H](C)NC1=O. The Morgan fingerprint density at radius 3 is 2.35 bits per heavy atom. The van der Waals surface area contributed by atoms with Crippen LogP contribution in [0.4, 0.5) is 4.39 Å². The number of rotatable bonds is 8. The van der Waals surface area contributed by atoms with Gasteiger partial charge in [-0.15, -0.1) is 0 Å². The average Bonchev–Trinajstić information content (AvgIpc) is 3.00. The predicted molar refractivity (Wildman–Crippen MR) is 166 cm³/mol. The number of nitrogens with one attached hydrogen (secondary N) is 5. The molecule has 0 fully saturated rings. The van der Waals surface area contributed by atoms with Crippen LogP contribution in [0.1, 0.15) is 56.0 Å². The van der Waals surface area contributed by atoms with E-state index in [2.05, 4.69) is 26.6 Å². The third-order valence-corrected chi connectivity index (χ3v) is 7.22. The smallest absolute Gasteiger partial charge is 0.255 e. The molecule has 4 atom stereocenters. The first kappa shape index (κ1) is 35.5. The number of nitrogens with two attached hydrogens (primary N) is 1. The number of para-hydroxylation sites is 1. The van der Waals surface area contributed by atoms with Crippen LogP contribution in [0.25, 0.3) is 0 Å². The molecule has 1 heterocycles. The standard InChI is InChI=1S/C32H41FN6O7/c1-18(2)28-32(45)36-19(3)17-46-25-7-5-4-6-22(25)29(42)38-24(30(43)35-15-14-20-8-10-21(33)11-9-20)16-27(41)37-23(31(44)39-28)12-13-26(34)40/h4-11,18-19,23-24,28H,12-17H2,1-3H3,(H2,34,40)(H,35,43)(H,36,45)(H,37,41)(H,38,42)(H,39,44)/t19-,23-,24-,28+/m0/s1. The summed E-state index contributed by atoms with van der Waals surface area (Å²) in [7, 11) is 0. The monoisotopic (exact) mass is 640 g/mol. The molecule has 1 aliphatic heterocycles. The summed E-state index contributed by atoms with van der Waals surface area (Å²) in [6, 6.07) is 7.87. The van der Waals surface area contributed by atoms with Crippen molar-refractivity contribution in [3.8, 4) is 5.75 Å². The van der Waals surface area contributed by atoms with Gasteiger partial charge in [0.2, 0.25) is 29.5 Å². The molecule has 0 aromatic heterocycles. The molecule has 0 saturated carbocycles. The molecular formula is C32H41FN6O7. The van der Waals surface area contributed by atoms with E-state index in [4.69, 9.17) is 10.5 Å². The van der Waals surface area contributed by atoms with Crippen LogP contribution >= 0.6 is 0 Å². The zero-order valence-corrected chi connectivity index (χ0v) is 26.1. The molecule has 0 saturated heterocycles. The number of carbonyl (C=O) groups is 6. The van der Waals surface area contributed by atoms with E-state index in [1.807, 2.05) is 0 Å². The lowest BCUT2D eigenvalue weighted by Gasteiger charge is -2.26. The Balaban J connectivity index is 1.91. The molecule has 7 N–H and O–H groups in total. The van der Waals surface area contributed by atoms with Gasteiger partial charge in [0, 0.05) is 13.0 Å². The lowest BCUT2D eigenvalue weighted by atomic mass is 10.0. The van der Waals surface area contributed by atoms with Gasteiger partial charge in [-0.25, -0.2) is 4.39 Å².